The van der Waals surface area contributed by atoms with Crippen LogP contribution in [-0.2, 0) is 0 Å². The third kappa shape index (κ3) is 3.81. The summed E-state index contributed by atoms with van der Waals surface area (Å²) >= 11 is 0. The first-order valence-corrected chi connectivity index (χ1v) is 13.9. The molecule has 0 saturated carbocycles. The van der Waals surface area contributed by atoms with Gasteiger partial charge in [-0.25, -0.2) is 0 Å². The Morgan fingerprint density at radius 1 is 0.950 bits per heavy atom. The molecule has 1 nitrogen and oxygen atoms in total. The van der Waals surface area contributed by atoms with Crippen LogP contribution in [0.2, 0.25) is 38.3 Å². The molecule has 108 valence electrons. The van der Waals surface area contributed by atoms with Gasteiger partial charge in [-0.3, -0.25) is 0 Å². The predicted octanol–water partition coefficient (Wildman–Crippen LogP) is 4.98. The minimum absolute atomic E-state index is 1.11. The maximum atomic E-state index is 2.90. The average Bonchev–Trinajstić information content (AvgIpc) is 2.61. The summed E-state index contributed by atoms with van der Waals surface area (Å²) in [4.78, 5) is 0. The van der Waals surface area contributed by atoms with Gasteiger partial charge in [-0.1, -0.05) is 80.8 Å². The topological polar surface area (TPSA) is 3.24 Å². The van der Waals surface area contributed by atoms with Gasteiger partial charge in [-0.2, -0.15) is 0 Å². The summed E-state index contributed by atoms with van der Waals surface area (Å²) in [6, 6.07) is 13.5. The maximum Gasteiger partial charge on any atom is 0.115 e. The van der Waals surface area contributed by atoms with Gasteiger partial charge in [0, 0.05) is 6.54 Å². The SMILES string of the molecule is C[Si]1(C)CC[Si](C)(C)N1C/C=C/C=C/c1ccccc1. The van der Waals surface area contributed by atoms with Gasteiger partial charge in [0.25, 0.3) is 0 Å². The summed E-state index contributed by atoms with van der Waals surface area (Å²) in [7, 11) is -2.22. The molecule has 0 N–H and O–H groups in total. The second-order valence-corrected chi connectivity index (χ2v) is 16.7. The lowest BCUT2D eigenvalue weighted by Crippen LogP contribution is -2.54. The Balaban J connectivity index is 1.92. The zero-order chi connectivity index (χ0) is 14.6. The number of hydrogen-bond acceptors (Lipinski definition) is 1. The van der Waals surface area contributed by atoms with E-state index in [1.54, 1.807) is 0 Å². The highest BCUT2D eigenvalue weighted by Gasteiger charge is 2.46. The van der Waals surface area contributed by atoms with Gasteiger partial charge in [0.05, 0.1) is 0 Å². The van der Waals surface area contributed by atoms with E-state index in [0.717, 1.165) is 6.54 Å². The van der Waals surface area contributed by atoms with E-state index in [1.165, 1.54) is 17.7 Å². The van der Waals surface area contributed by atoms with E-state index < -0.39 is 16.5 Å². The number of hydrogen-bond donors (Lipinski definition) is 0. The van der Waals surface area contributed by atoms with Crippen LogP contribution in [0.25, 0.3) is 6.08 Å². The average molecular weight is 302 g/mol. The number of benzene rings is 1. The number of nitrogens with zero attached hydrogens (tertiary/aromatic N) is 1. The molecule has 0 atom stereocenters. The molecular formula is C17H27NSi2. The van der Waals surface area contributed by atoms with Crippen LogP contribution in [0.1, 0.15) is 5.56 Å². The van der Waals surface area contributed by atoms with E-state index in [-0.39, 0.29) is 0 Å². The van der Waals surface area contributed by atoms with Crippen molar-refractivity contribution in [2.24, 2.45) is 0 Å². The van der Waals surface area contributed by atoms with E-state index >= 15 is 0 Å². The van der Waals surface area contributed by atoms with Crippen LogP contribution in [0.3, 0.4) is 0 Å². The molecule has 1 aromatic rings. The fraction of sp³-hybridized carbons (Fsp3) is 0.412. The molecule has 1 saturated heterocycles. The minimum Gasteiger partial charge on any atom is -0.342 e. The van der Waals surface area contributed by atoms with E-state index in [0.29, 0.717) is 0 Å². The minimum atomic E-state index is -1.11. The largest absolute Gasteiger partial charge is 0.342 e. The lowest BCUT2D eigenvalue weighted by molar-refractivity contribution is 0.702. The Morgan fingerprint density at radius 2 is 1.55 bits per heavy atom. The molecule has 1 heterocycles. The highest BCUT2D eigenvalue weighted by Crippen LogP contribution is 2.36. The maximum absolute atomic E-state index is 2.90. The van der Waals surface area contributed by atoms with Crippen molar-refractivity contribution in [1.29, 1.82) is 0 Å². The van der Waals surface area contributed by atoms with Gasteiger partial charge in [0.1, 0.15) is 16.5 Å². The molecule has 0 aliphatic carbocycles. The molecule has 0 unspecified atom stereocenters. The van der Waals surface area contributed by atoms with Gasteiger partial charge >= 0.3 is 0 Å². The van der Waals surface area contributed by atoms with Crippen LogP contribution in [-0.4, -0.2) is 27.2 Å². The molecule has 20 heavy (non-hydrogen) atoms. The Bertz CT molecular complexity index is 473. The second kappa shape index (κ2) is 6.25. The molecule has 1 aromatic carbocycles. The van der Waals surface area contributed by atoms with Crippen LogP contribution in [0, 0.1) is 0 Å². The quantitative estimate of drug-likeness (QED) is 0.560. The molecule has 1 aliphatic heterocycles. The Morgan fingerprint density at radius 3 is 2.15 bits per heavy atom. The molecule has 1 fully saturated rings. The molecule has 0 spiro atoms. The van der Waals surface area contributed by atoms with Gasteiger partial charge in [-0.15, -0.1) is 0 Å². The molecule has 0 amide bonds. The van der Waals surface area contributed by atoms with Crippen LogP contribution in [0.15, 0.2) is 48.6 Å². The third-order valence-electron chi connectivity index (χ3n) is 4.43. The molecule has 0 aromatic heterocycles. The highest BCUT2D eigenvalue weighted by molar-refractivity contribution is 6.95. The molecule has 1 aliphatic rings. The summed E-state index contributed by atoms with van der Waals surface area (Å²) in [6.45, 7) is 11.3. The zero-order valence-corrected chi connectivity index (χ0v) is 15.3. The lowest BCUT2D eigenvalue weighted by Gasteiger charge is -2.37. The molecule has 0 radical (unpaired) electrons. The van der Waals surface area contributed by atoms with Crippen molar-refractivity contribution in [2.45, 2.75) is 38.3 Å². The molecule has 0 bridgehead atoms. The van der Waals surface area contributed by atoms with Crippen LogP contribution < -0.4 is 0 Å². The van der Waals surface area contributed by atoms with Crippen LogP contribution in [0.5, 0.6) is 0 Å². The molecule has 3 heteroatoms. The first-order chi connectivity index (χ1) is 9.42. The fourth-order valence-corrected chi connectivity index (χ4v) is 17.0. The normalized spacial score (nSPS) is 22.0. The van der Waals surface area contributed by atoms with E-state index in [1.807, 2.05) is 0 Å². The summed E-state index contributed by atoms with van der Waals surface area (Å²) in [5.41, 5.74) is 1.27. The summed E-state index contributed by atoms with van der Waals surface area (Å²) in [5.74, 6) is 0. The standard InChI is InChI=1S/C17H27NSi2/c1-19(2)15-16-20(3,4)18(19)14-10-6-9-13-17-11-7-5-8-12-17/h5-13H,14-16H2,1-4H3/b10-6+,13-9+. The Kier molecular flexibility index (Phi) is 4.84. The number of rotatable bonds is 4. The van der Waals surface area contributed by atoms with Crippen molar-refractivity contribution in [2.75, 3.05) is 6.54 Å². The van der Waals surface area contributed by atoms with Crippen molar-refractivity contribution in [3.63, 3.8) is 0 Å². The molecule has 2 rings (SSSR count). The van der Waals surface area contributed by atoms with Crippen molar-refractivity contribution in [1.82, 2.24) is 4.23 Å². The monoisotopic (exact) mass is 301 g/mol. The van der Waals surface area contributed by atoms with Crippen molar-refractivity contribution >= 4 is 22.5 Å². The molecular weight excluding hydrogens is 274 g/mol. The first-order valence-electron chi connectivity index (χ1n) is 7.58. The van der Waals surface area contributed by atoms with Crippen molar-refractivity contribution in [3.8, 4) is 0 Å². The highest BCUT2D eigenvalue weighted by atomic mass is 28.4. The lowest BCUT2D eigenvalue weighted by atomic mass is 10.2. The van der Waals surface area contributed by atoms with Gasteiger partial charge < -0.3 is 4.23 Å². The zero-order valence-electron chi connectivity index (χ0n) is 13.3. The number of allylic oxidation sites excluding steroid dienone is 2. The van der Waals surface area contributed by atoms with E-state index in [2.05, 4.69) is 85.1 Å². The second-order valence-electron chi connectivity index (χ2n) is 6.93. The van der Waals surface area contributed by atoms with E-state index in [9.17, 15) is 0 Å². The fourth-order valence-electron chi connectivity index (χ4n) is 3.17. The summed E-state index contributed by atoms with van der Waals surface area (Å²) in [5, 5.41) is 0. The van der Waals surface area contributed by atoms with Crippen LogP contribution >= 0.6 is 0 Å². The van der Waals surface area contributed by atoms with Crippen molar-refractivity contribution in [3.05, 3.63) is 54.1 Å². The van der Waals surface area contributed by atoms with Gasteiger partial charge in [0.15, 0.2) is 0 Å². The van der Waals surface area contributed by atoms with Crippen LogP contribution in [0.4, 0.5) is 0 Å². The van der Waals surface area contributed by atoms with Gasteiger partial charge in [0.2, 0.25) is 0 Å². The predicted molar refractivity (Wildman–Crippen MR) is 95.9 cm³/mol. The summed E-state index contributed by atoms with van der Waals surface area (Å²) in [6.07, 6.45) is 8.88. The first kappa shape index (κ1) is 15.5. The Hall–Kier alpha value is -0.906. The van der Waals surface area contributed by atoms with E-state index in [4.69, 9.17) is 0 Å². The third-order valence-corrected chi connectivity index (χ3v) is 14.8. The van der Waals surface area contributed by atoms with Crippen molar-refractivity contribution < 1.29 is 0 Å². The Labute approximate surface area is 126 Å². The smallest absolute Gasteiger partial charge is 0.115 e. The van der Waals surface area contributed by atoms with Gasteiger partial charge in [-0.05, 0) is 17.7 Å². The summed E-state index contributed by atoms with van der Waals surface area (Å²) < 4.78 is 2.90.